The first-order chi connectivity index (χ1) is 9.61. The zero-order valence-electron chi connectivity index (χ0n) is 11.3. The number of hydrogen-bond donors (Lipinski definition) is 2. The minimum atomic E-state index is -0.823. The van der Waals surface area contributed by atoms with Crippen LogP contribution in [0.5, 0.6) is 5.88 Å². The van der Waals surface area contributed by atoms with Crippen LogP contribution in [0.2, 0.25) is 0 Å². The minimum Gasteiger partial charge on any atom is -0.481 e. The van der Waals surface area contributed by atoms with Crippen LogP contribution in [0.15, 0.2) is 18.3 Å². The maximum Gasteiger partial charge on any atom is 0.306 e. The Morgan fingerprint density at radius 2 is 2.20 bits per heavy atom. The molecule has 6 nitrogen and oxygen atoms in total. The summed E-state index contributed by atoms with van der Waals surface area (Å²) in [6.45, 7) is 2.30. The van der Waals surface area contributed by atoms with Gasteiger partial charge in [0.15, 0.2) is 0 Å². The van der Waals surface area contributed by atoms with Crippen LogP contribution < -0.4 is 10.1 Å². The molecule has 1 heterocycles. The number of carbonyl (C=O) groups excluding carboxylic acids is 1. The molecule has 1 fully saturated rings. The van der Waals surface area contributed by atoms with Gasteiger partial charge in [0.25, 0.3) is 0 Å². The lowest BCUT2D eigenvalue weighted by Crippen LogP contribution is -2.22. The normalized spacial score (nSPS) is 21.4. The van der Waals surface area contributed by atoms with Crippen molar-refractivity contribution >= 4 is 17.6 Å². The molecule has 2 atom stereocenters. The van der Waals surface area contributed by atoms with Gasteiger partial charge in [0.1, 0.15) is 5.69 Å². The Hall–Kier alpha value is -2.11. The number of carboxylic acids is 1. The first kappa shape index (κ1) is 14.3. The fourth-order valence-electron chi connectivity index (χ4n) is 2.42. The lowest BCUT2D eigenvalue weighted by molar-refractivity contribution is -0.141. The number of aliphatic carboxylic acids is 1. The van der Waals surface area contributed by atoms with Crippen LogP contribution in [0.25, 0.3) is 0 Å². The fraction of sp³-hybridized carbons (Fsp3) is 0.500. The second-order valence-corrected chi connectivity index (χ2v) is 4.82. The van der Waals surface area contributed by atoms with Crippen molar-refractivity contribution in [1.29, 1.82) is 0 Å². The van der Waals surface area contributed by atoms with E-state index >= 15 is 0 Å². The zero-order valence-corrected chi connectivity index (χ0v) is 11.3. The molecule has 108 valence electrons. The summed E-state index contributed by atoms with van der Waals surface area (Å²) in [6.07, 6.45) is 3.15. The number of anilines is 1. The van der Waals surface area contributed by atoms with Crippen LogP contribution in [-0.2, 0) is 9.59 Å². The zero-order chi connectivity index (χ0) is 14.5. The van der Waals surface area contributed by atoms with E-state index < -0.39 is 11.9 Å². The fourth-order valence-corrected chi connectivity index (χ4v) is 2.42. The molecule has 1 aliphatic rings. The summed E-state index contributed by atoms with van der Waals surface area (Å²) >= 11 is 0. The maximum absolute atomic E-state index is 12.2. The maximum atomic E-state index is 12.2. The molecule has 0 saturated heterocycles. The van der Waals surface area contributed by atoms with Gasteiger partial charge < -0.3 is 15.2 Å². The quantitative estimate of drug-likeness (QED) is 0.859. The third-order valence-electron chi connectivity index (χ3n) is 3.46. The van der Waals surface area contributed by atoms with E-state index in [0.717, 1.165) is 0 Å². The van der Waals surface area contributed by atoms with Crippen LogP contribution in [0.4, 0.5) is 5.69 Å². The van der Waals surface area contributed by atoms with E-state index in [4.69, 9.17) is 9.84 Å². The number of rotatable bonds is 5. The Kier molecular flexibility index (Phi) is 4.55. The van der Waals surface area contributed by atoms with E-state index in [1.165, 1.54) is 0 Å². The topological polar surface area (TPSA) is 88.5 Å². The average molecular weight is 278 g/mol. The van der Waals surface area contributed by atoms with Crippen molar-refractivity contribution in [1.82, 2.24) is 4.98 Å². The Labute approximate surface area is 117 Å². The number of amides is 1. The first-order valence-corrected chi connectivity index (χ1v) is 6.73. The molecule has 1 saturated carbocycles. The van der Waals surface area contributed by atoms with Crippen molar-refractivity contribution in [2.24, 2.45) is 11.8 Å². The molecule has 0 aliphatic heterocycles. The van der Waals surface area contributed by atoms with Crippen LogP contribution >= 0.6 is 0 Å². The smallest absolute Gasteiger partial charge is 0.306 e. The molecule has 6 heteroatoms. The number of aromatic nitrogens is 1. The van der Waals surface area contributed by atoms with Gasteiger partial charge in [-0.05, 0) is 38.3 Å². The third kappa shape index (κ3) is 3.26. The van der Waals surface area contributed by atoms with Gasteiger partial charge >= 0.3 is 5.97 Å². The van der Waals surface area contributed by atoms with E-state index in [1.807, 2.05) is 6.92 Å². The molecule has 0 bridgehead atoms. The van der Waals surface area contributed by atoms with Crippen molar-refractivity contribution in [2.75, 3.05) is 11.9 Å². The second kappa shape index (κ2) is 6.36. The number of pyridine rings is 1. The largest absolute Gasteiger partial charge is 0.481 e. The van der Waals surface area contributed by atoms with Gasteiger partial charge in [-0.3, -0.25) is 9.59 Å². The van der Waals surface area contributed by atoms with Gasteiger partial charge in [0.2, 0.25) is 11.8 Å². The van der Waals surface area contributed by atoms with E-state index in [1.54, 1.807) is 18.3 Å². The molecular weight excluding hydrogens is 260 g/mol. The van der Waals surface area contributed by atoms with Crippen molar-refractivity contribution in [3.05, 3.63) is 18.3 Å². The summed E-state index contributed by atoms with van der Waals surface area (Å²) in [5.74, 6) is -1.27. The van der Waals surface area contributed by atoms with Crippen molar-refractivity contribution in [3.8, 4) is 5.88 Å². The number of carboxylic acid groups (broad SMARTS) is 1. The molecule has 2 N–H and O–H groups in total. The first-order valence-electron chi connectivity index (χ1n) is 6.73. The summed E-state index contributed by atoms with van der Waals surface area (Å²) in [6, 6.07) is 3.44. The van der Waals surface area contributed by atoms with Crippen LogP contribution in [-0.4, -0.2) is 28.6 Å². The molecule has 0 radical (unpaired) electrons. The van der Waals surface area contributed by atoms with E-state index in [0.29, 0.717) is 37.4 Å². The molecule has 0 unspecified atom stereocenters. The molecule has 0 spiro atoms. The Morgan fingerprint density at radius 3 is 2.85 bits per heavy atom. The predicted molar refractivity (Wildman–Crippen MR) is 72.5 cm³/mol. The number of nitrogens with zero attached hydrogens (tertiary/aromatic N) is 1. The van der Waals surface area contributed by atoms with Crippen LogP contribution in [0, 0.1) is 11.8 Å². The number of nitrogens with one attached hydrogen (secondary N) is 1. The second-order valence-electron chi connectivity index (χ2n) is 4.82. The highest BCUT2D eigenvalue weighted by molar-refractivity contribution is 5.94. The Bertz CT molecular complexity index is 504. The highest BCUT2D eigenvalue weighted by Crippen LogP contribution is 2.32. The van der Waals surface area contributed by atoms with Crippen molar-refractivity contribution < 1.29 is 19.4 Å². The third-order valence-corrected chi connectivity index (χ3v) is 3.46. The van der Waals surface area contributed by atoms with Gasteiger partial charge in [-0.25, -0.2) is 4.98 Å². The summed E-state index contributed by atoms with van der Waals surface area (Å²) in [4.78, 5) is 27.1. The minimum absolute atomic E-state index is 0.164. The summed E-state index contributed by atoms with van der Waals surface area (Å²) in [7, 11) is 0. The molecule has 1 aliphatic carbocycles. The standard InChI is InChI=1S/C14H18N2O4/c1-2-20-13-11(4-3-7-15-13)16-12(17)9-5-6-10(8-9)14(18)19/h3-4,7,9-10H,2,5-6,8H2,1H3,(H,16,17)(H,18,19)/t9-,10+/m1/s1. The van der Waals surface area contributed by atoms with E-state index in [-0.39, 0.29) is 11.8 Å². The number of carbonyl (C=O) groups is 2. The van der Waals surface area contributed by atoms with Gasteiger partial charge in [-0.2, -0.15) is 0 Å². The molecule has 2 rings (SSSR count). The average Bonchev–Trinajstić information content (AvgIpc) is 2.91. The summed E-state index contributed by atoms with van der Waals surface area (Å²) in [5.41, 5.74) is 0.526. The number of ether oxygens (including phenoxy) is 1. The summed E-state index contributed by atoms with van der Waals surface area (Å²) < 4.78 is 5.34. The van der Waals surface area contributed by atoms with Gasteiger partial charge in [0, 0.05) is 12.1 Å². The van der Waals surface area contributed by atoms with Crippen LogP contribution in [0.1, 0.15) is 26.2 Å². The lowest BCUT2D eigenvalue weighted by Gasteiger charge is -2.13. The van der Waals surface area contributed by atoms with Crippen LogP contribution in [0.3, 0.4) is 0 Å². The van der Waals surface area contributed by atoms with E-state index in [2.05, 4.69) is 10.3 Å². The van der Waals surface area contributed by atoms with Gasteiger partial charge in [-0.15, -0.1) is 0 Å². The van der Waals surface area contributed by atoms with E-state index in [9.17, 15) is 9.59 Å². The van der Waals surface area contributed by atoms with Crippen molar-refractivity contribution in [2.45, 2.75) is 26.2 Å². The molecule has 1 aromatic rings. The molecule has 1 aromatic heterocycles. The molecule has 0 aromatic carbocycles. The Morgan fingerprint density at radius 1 is 1.45 bits per heavy atom. The SMILES string of the molecule is CCOc1ncccc1NC(=O)[C@@H]1CC[C@H](C(=O)O)C1. The predicted octanol–water partition coefficient (Wildman–Crippen LogP) is 1.92. The Balaban J connectivity index is 2.00. The molecular formula is C14H18N2O4. The van der Waals surface area contributed by atoms with Gasteiger partial charge in [0.05, 0.1) is 12.5 Å². The highest BCUT2D eigenvalue weighted by Gasteiger charge is 2.34. The highest BCUT2D eigenvalue weighted by atomic mass is 16.5. The number of hydrogen-bond acceptors (Lipinski definition) is 4. The van der Waals surface area contributed by atoms with Crippen molar-refractivity contribution in [3.63, 3.8) is 0 Å². The van der Waals surface area contributed by atoms with Gasteiger partial charge in [-0.1, -0.05) is 0 Å². The molecule has 20 heavy (non-hydrogen) atoms. The molecule has 1 amide bonds. The lowest BCUT2D eigenvalue weighted by atomic mass is 10.0. The summed E-state index contributed by atoms with van der Waals surface area (Å²) in [5, 5.41) is 11.7. The monoisotopic (exact) mass is 278 g/mol.